The van der Waals surface area contributed by atoms with Gasteiger partial charge in [0.25, 0.3) is 0 Å². The van der Waals surface area contributed by atoms with Crippen LogP contribution in [0.4, 0.5) is 0 Å². The average Bonchev–Trinajstić information content (AvgIpc) is 3.12. The van der Waals surface area contributed by atoms with Gasteiger partial charge in [0.15, 0.2) is 0 Å². The van der Waals surface area contributed by atoms with Gasteiger partial charge in [0, 0.05) is 9.49 Å². The molecule has 174 valence electrons. The Hall–Kier alpha value is -0.880. The highest BCUT2D eigenvalue weighted by Gasteiger charge is 2.59. The SMILES string of the molecule is C[C@@H](OC(=O)c1ccccc1I)C1CCC2C3CC=C4CC(O)CCC4(C)C3CCC21C. The predicted octanol–water partition coefficient (Wildman–Crippen LogP) is 6.78. The van der Waals surface area contributed by atoms with Crippen molar-refractivity contribution in [3.05, 3.63) is 45.0 Å². The maximum Gasteiger partial charge on any atom is 0.339 e. The van der Waals surface area contributed by atoms with Gasteiger partial charge in [-0.15, -0.1) is 0 Å². The van der Waals surface area contributed by atoms with E-state index < -0.39 is 0 Å². The molecule has 5 rings (SSSR count). The van der Waals surface area contributed by atoms with Crippen LogP contribution in [0.5, 0.6) is 0 Å². The number of hydrogen-bond donors (Lipinski definition) is 1. The minimum atomic E-state index is -0.179. The van der Waals surface area contributed by atoms with Gasteiger partial charge in [-0.25, -0.2) is 4.79 Å². The lowest BCUT2D eigenvalue weighted by Gasteiger charge is -2.58. The Morgan fingerprint density at radius 3 is 2.69 bits per heavy atom. The van der Waals surface area contributed by atoms with Crippen molar-refractivity contribution < 1.29 is 14.6 Å². The van der Waals surface area contributed by atoms with E-state index in [1.807, 2.05) is 24.3 Å². The third kappa shape index (κ3) is 3.59. The van der Waals surface area contributed by atoms with Gasteiger partial charge >= 0.3 is 5.97 Å². The van der Waals surface area contributed by atoms with E-state index in [2.05, 4.69) is 49.4 Å². The molecular weight excluding hydrogens is 511 g/mol. The molecule has 0 heterocycles. The number of rotatable bonds is 3. The highest BCUT2D eigenvalue weighted by Crippen LogP contribution is 2.66. The summed E-state index contributed by atoms with van der Waals surface area (Å²) in [4.78, 5) is 12.9. The van der Waals surface area contributed by atoms with Gasteiger partial charge in [-0.1, -0.05) is 37.6 Å². The number of fused-ring (bicyclic) bond motifs is 5. The summed E-state index contributed by atoms with van der Waals surface area (Å²) in [5.74, 6) is 2.45. The van der Waals surface area contributed by atoms with Gasteiger partial charge in [-0.05, 0) is 122 Å². The van der Waals surface area contributed by atoms with E-state index in [1.54, 1.807) is 0 Å². The molecule has 4 heteroatoms. The molecule has 1 N–H and O–H groups in total. The fourth-order valence-electron chi connectivity index (χ4n) is 8.39. The van der Waals surface area contributed by atoms with Crippen molar-refractivity contribution >= 4 is 28.6 Å². The first-order chi connectivity index (χ1) is 15.2. The summed E-state index contributed by atoms with van der Waals surface area (Å²) >= 11 is 2.22. The van der Waals surface area contributed by atoms with Crippen molar-refractivity contribution in [2.75, 3.05) is 0 Å². The number of aliphatic hydroxyl groups excluding tert-OH is 1. The largest absolute Gasteiger partial charge is 0.459 e. The van der Waals surface area contributed by atoms with Crippen LogP contribution in [0, 0.1) is 38.1 Å². The van der Waals surface area contributed by atoms with Gasteiger partial charge in [-0.2, -0.15) is 0 Å². The zero-order valence-corrected chi connectivity index (χ0v) is 21.8. The van der Waals surface area contributed by atoms with Gasteiger partial charge in [0.1, 0.15) is 6.10 Å². The summed E-state index contributed by atoms with van der Waals surface area (Å²) in [6.07, 6.45) is 11.4. The summed E-state index contributed by atoms with van der Waals surface area (Å²) in [6.45, 7) is 7.11. The summed E-state index contributed by atoms with van der Waals surface area (Å²) < 4.78 is 7.04. The number of allylic oxidation sites excluding steroid dienone is 1. The van der Waals surface area contributed by atoms with Crippen molar-refractivity contribution in [1.29, 1.82) is 0 Å². The van der Waals surface area contributed by atoms with Crippen LogP contribution in [0.25, 0.3) is 0 Å². The first-order valence-corrected chi connectivity index (χ1v) is 13.6. The third-order valence-electron chi connectivity index (χ3n) is 10.1. The average molecular weight is 549 g/mol. The Morgan fingerprint density at radius 2 is 1.91 bits per heavy atom. The number of hydrogen-bond acceptors (Lipinski definition) is 3. The van der Waals surface area contributed by atoms with E-state index >= 15 is 0 Å². The molecule has 8 atom stereocenters. The Kier molecular flexibility index (Phi) is 6.01. The second-order valence-corrected chi connectivity index (χ2v) is 12.6. The number of halogens is 1. The maximum absolute atomic E-state index is 12.9. The number of carbonyl (C=O) groups is 1. The zero-order chi connectivity index (χ0) is 22.7. The fourth-order valence-corrected chi connectivity index (χ4v) is 9.00. The highest BCUT2D eigenvalue weighted by molar-refractivity contribution is 14.1. The standard InChI is InChI=1S/C28H37IO3/c1-17(32-26(31)21-6-4-5-7-25(21)29)22-10-11-23-20-9-8-18-16-19(30)12-14-27(18,2)24(20)13-15-28(22,23)3/h4-8,17,19-20,22-24,30H,9-16H2,1-3H3/t17-,19?,20?,22?,23?,24?,27?,28?/m1/s1. The number of ether oxygens (including phenoxy) is 1. The van der Waals surface area contributed by atoms with Gasteiger partial charge < -0.3 is 9.84 Å². The van der Waals surface area contributed by atoms with E-state index in [-0.39, 0.29) is 29.0 Å². The summed E-state index contributed by atoms with van der Waals surface area (Å²) in [5, 5.41) is 10.2. The van der Waals surface area contributed by atoms with Crippen molar-refractivity contribution in [3.8, 4) is 0 Å². The lowest BCUT2D eigenvalue weighted by Crippen LogP contribution is -2.51. The Balaban J connectivity index is 1.34. The minimum Gasteiger partial charge on any atom is -0.459 e. The molecule has 0 bridgehead atoms. The molecule has 0 aliphatic heterocycles. The molecule has 0 amide bonds. The fraction of sp³-hybridized carbons (Fsp3) is 0.679. The molecule has 0 saturated heterocycles. The summed E-state index contributed by atoms with van der Waals surface area (Å²) in [7, 11) is 0. The quantitative estimate of drug-likeness (QED) is 0.258. The summed E-state index contributed by atoms with van der Waals surface area (Å²) in [5.41, 5.74) is 2.75. The van der Waals surface area contributed by atoms with Gasteiger partial charge in [0.05, 0.1) is 11.7 Å². The second kappa shape index (κ2) is 8.41. The zero-order valence-electron chi connectivity index (χ0n) is 19.6. The molecule has 0 spiro atoms. The maximum atomic E-state index is 12.9. The minimum absolute atomic E-state index is 0.0554. The van der Waals surface area contributed by atoms with Crippen LogP contribution in [0.15, 0.2) is 35.9 Å². The molecule has 3 saturated carbocycles. The number of aliphatic hydroxyl groups is 1. The molecular formula is C28H37IO3. The van der Waals surface area contributed by atoms with E-state index in [4.69, 9.17) is 4.74 Å². The highest BCUT2D eigenvalue weighted by atomic mass is 127. The second-order valence-electron chi connectivity index (χ2n) is 11.5. The third-order valence-corrected chi connectivity index (χ3v) is 11.0. The van der Waals surface area contributed by atoms with E-state index in [0.29, 0.717) is 17.4 Å². The van der Waals surface area contributed by atoms with Crippen LogP contribution in [0.3, 0.4) is 0 Å². The molecule has 3 fully saturated rings. The lowest BCUT2D eigenvalue weighted by molar-refractivity contribution is -0.0715. The Morgan fingerprint density at radius 1 is 1.12 bits per heavy atom. The van der Waals surface area contributed by atoms with Crippen LogP contribution in [-0.4, -0.2) is 23.3 Å². The molecule has 7 unspecified atom stereocenters. The van der Waals surface area contributed by atoms with Crippen molar-refractivity contribution in [2.24, 2.45) is 34.5 Å². The van der Waals surface area contributed by atoms with Crippen LogP contribution >= 0.6 is 22.6 Å². The molecule has 32 heavy (non-hydrogen) atoms. The molecule has 0 aromatic heterocycles. The molecule has 3 nitrogen and oxygen atoms in total. The molecule has 4 aliphatic rings. The van der Waals surface area contributed by atoms with E-state index in [1.165, 1.54) is 31.3 Å². The Bertz CT molecular complexity index is 925. The summed E-state index contributed by atoms with van der Waals surface area (Å²) in [6, 6.07) is 7.70. The van der Waals surface area contributed by atoms with Gasteiger partial charge in [-0.3, -0.25) is 0 Å². The first kappa shape index (κ1) is 22.9. The normalized spacial score (nSPS) is 41.7. The molecule has 0 radical (unpaired) electrons. The van der Waals surface area contributed by atoms with E-state index in [9.17, 15) is 9.90 Å². The van der Waals surface area contributed by atoms with Crippen molar-refractivity contribution in [3.63, 3.8) is 0 Å². The van der Waals surface area contributed by atoms with E-state index in [0.717, 1.165) is 41.1 Å². The Labute approximate surface area is 206 Å². The van der Waals surface area contributed by atoms with Crippen molar-refractivity contribution in [2.45, 2.75) is 84.3 Å². The topological polar surface area (TPSA) is 46.5 Å². The van der Waals surface area contributed by atoms with Crippen LogP contribution < -0.4 is 0 Å². The molecule has 1 aromatic carbocycles. The predicted molar refractivity (Wildman–Crippen MR) is 135 cm³/mol. The smallest absolute Gasteiger partial charge is 0.339 e. The van der Waals surface area contributed by atoms with Crippen LogP contribution in [0.1, 0.15) is 82.5 Å². The lowest BCUT2D eigenvalue weighted by atomic mass is 9.47. The number of carbonyl (C=O) groups excluding carboxylic acids is 1. The van der Waals surface area contributed by atoms with Crippen molar-refractivity contribution in [1.82, 2.24) is 0 Å². The van der Waals surface area contributed by atoms with Crippen LogP contribution in [0.2, 0.25) is 0 Å². The van der Waals surface area contributed by atoms with Gasteiger partial charge in [0.2, 0.25) is 0 Å². The molecule has 4 aliphatic carbocycles. The molecule has 1 aromatic rings. The number of esters is 1. The van der Waals surface area contributed by atoms with Crippen LogP contribution in [-0.2, 0) is 4.74 Å². The monoisotopic (exact) mass is 548 g/mol. The number of benzene rings is 1. The first-order valence-electron chi connectivity index (χ1n) is 12.6.